The van der Waals surface area contributed by atoms with Crippen molar-refractivity contribution in [3.8, 4) is 0 Å². The van der Waals surface area contributed by atoms with Gasteiger partial charge in [-0.2, -0.15) is 0 Å². The molecule has 17 heavy (non-hydrogen) atoms. The van der Waals surface area contributed by atoms with Crippen LogP contribution in [0.1, 0.15) is 18.9 Å². The van der Waals surface area contributed by atoms with Crippen molar-refractivity contribution in [2.75, 3.05) is 19.6 Å². The molecule has 1 N–H and O–H groups in total. The van der Waals surface area contributed by atoms with E-state index in [0.717, 1.165) is 41.8 Å². The fourth-order valence-electron chi connectivity index (χ4n) is 2.34. The highest BCUT2D eigenvalue weighted by molar-refractivity contribution is 6.35. The maximum atomic E-state index is 6.21. The van der Waals surface area contributed by atoms with Crippen molar-refractivity contribution in [2.24, 2.45) is 0 Å². The van der Waals surface area contributed by atoms with Crippen molar-refractivity contribution in [2.45, 2.75) is 25.9 Å². The lowest BCUT2D eigenvalue weighted by Gasteiger charge is -2.27. The third-order valence-electron chi connectivity index (χ3n) is 3.38. The van der Waals surface area contributed by atoms with E-state index >= 15 is 0 Å². The largest absolute Gasteiger partial charge is 0.315 e. The van der Waals surface area contributed by atoms with Gasteiger partial charge in [0, 0.05) is 34.7 Å². The highest BCUT2D eigenvalue weighted by Crippen LogP contribution is 2.26. The van der Waals surface area contributed by atoms with Crippen molar-refractivity contribution >= 4 is 23.2 Å². The smallest absolute Gasteiger partial charge is 0.0465 e. The first-order chi connectivity index (χ1) is 8.22. The van der Waals surface area contributed by atoms with Gasteiger partial charge in [0.05, 0.1) is 0 Å². The Kier molecular flexibility index (Phi) is 4.69. The molecule has 0 saturated carbocycles. The molecule has 1 aliphatic rings. The fourth-order valence-corrected chi connectivity index (χ4v) is 2.85. The second-order valence-electron chi connectivity index (χ2n) is 4.41. The van der Waals surface area contributed by atoms with E-state index < -0.39 is 0 Å². The van der Waals surface area contributed by atoms with E-state index in [0.29, 0.717) is 6.04 Å². The topological polar surface area (TPSA) is 15.3 Å². The molecular formula is C13H18Cl2N2. The Morgan fingerprint density at radius 2 is 2.06 bits per heavy atom. The van der Waals surface area contributed by atoms with Crippen LogP contribution in [0.3, 0.4) is 0 Å². The Hall–Kier alpha value is -0.280. The second kappa shape index (κ2) is 6.05. The van der Waals surface area contributed by atoms with Crippen LogP contribution in [0.25, 0.3) is 0 Å². The average molecular weight is 273 g/mol. The molecule has 1 atom stereocenters. The summed E-state index contributed by atoms with van der Waals surface area (Å²) in [7, 11) is 0. The molecule has 0 amide bonds. The number of nitrogens with one attached hydrogen (secondary N) is 1. The fraction of sp³-hybridized carbons (Fsp3) is 0.538. The molecule has 0 aliphatic carbocycles. The first kappa shape index (κ1) is 13.2. The van der Waals surface area contributed by atoms with E-state index in [1.165, 1.54) is 6.42 Å². The minimum atomic E-state index is 0.604. The third-order valence-corrected chi connectivity index (χ3v) is 4.09. The lowest BCUT2D eigenvalue weighted by atomic mass is 10.1. The van der Waals surface area contributed by atoms with Crippen molar-refractivity contribution < 1.29 is 0 Å². The minimum Gasteiger partial charge on any atom is -0.315 e. The van der Waals surface area contributed by atoms with Gasteiger partial charge in [-0.3, -0.25) is 4.90 Å². The molecule has 2 rings (SSSR count). The molecule has 2 nitrogen and oxygen atoms in total. The Balaban J connectivity index is 2.12. The van der Waals surface area contributed by atoms with Gasteiger partial charge in [0.2, 0.25) is 0 Å². The first-order valence-electron chi connectivity index (χ1n) is 6.10. The van der Waals surface area contributed by atoms with Gasteiger partial charge in [-0.15, -0.1) is 0 Å². The van der Waals surface area contributed by atoms with Crippen molar-refractivity contribution in [1.29, 1.82) is 0 Å². The predicted molar refractivity (Wildman–Crippen MR) is 73.8 cm³/mol. The number of nitrogens with zero attached hydrogens (tertiary/aromatic N) is 1. The third kappa shape index (κ3) is 3.14. The normalized spacial score (nSPS) is 20.1. The number of halogens is 2. The van der Waals surface area contributed by atoms with Crippen molar-refractivity contribution in [3.05, 3.63) is 33.8 Å². The van der Waals surface area contributed by atoms with Crippen LogP contribution in [0.4, 0.5) is 0 Å². The maximum absolute atomic E-state index is 6.21. The van der Waals surface area contributed by atoms with Gasteiger partial charge >= 0.3 is 0 Å². The molecule has 1 aromatic rings. The minimum absolute atomic E-state index is 0.604. The Morgan fingerprint density at radius 3 is 2.59 bits per heavy atom. The van der Waals surface area contributed by atoms with Crippen LogP contribution in [0.5, 0.6) is 0 Å². The zero-order valence-electron chi connectivity index (χ0n) is 10.0. The van der Waals surface area contributed by atoms with E-state index in [-0.39, 0.29) is 0 Å². The molecule has 0 bridgehead atoms. The predicted octanol–water partition coefficient (Wildman–Crippen LogP) is 3.18. The van der Waals surface area contributed by atoms with Crippen LogP contribution < -0.4 is 5.32 Å². The van der Waals surface area contributed by atoms with E-state index in [9.17, 15) is 0 Å². The number of likely N-dealkylation sites (N-methyl/N-ethyl adjacent to an activating group) is 1. The summed E-state index contributed by atoms with van der Waals surface area (Å²) in [6, 6.07) is 6.31. The maximum Gasteiger partial charge on any atom is 0.0465 e. The van der Waals surface area contributed by atoms with Crippen molar-refractivity contribution in [1.82, 2.24) is 10.2 Å². The number of hydrogen-bond donors (Lipinski definition) is 1. The van der Waals surface area contributed by atoms with Crippen LogP contribution in [0, 0.1) is 0 Å². The quantitative estimate of drug-likeness (QED) is 0.906. The lowest BCUT2D eigenvalue weighted by molar-refractivity contribution is 0.210. The van der Waals surface area contributed by atoms with Crippen molar-refractivity contribution in [3.63, 3.8) is 0 Å². The van der Waals surface area contributed by atoms with Gasteiger partial charge < -0.3 is 5.32 Å². The summed E-state index contributed by atoms with van der Waals surface area (Å²) in [6.45, 7) is 6.21. The summed E-state index contributed by atoms with van der Waals surface area (Å²) >= 11 is 12.4. The molecule has 0 radical (unpaired) electrons. The molecular weight excluding hydrogens is 255 g/mol. The zero-order valence-corrected chi connectivity index (χ0v) is 11.6. The van der Waals surface area contributed by atoms with E-state index in [1.54, 1.807) is 0 Å². The first-order valence-corrected chi connectivity index (χ1v) is 6.85. The van der Waals surface area contributed by atoms with Gasteiger partial charge in [-0.05, 0) is 31.6 Å². The summed E-state index contributed by atoms with van der Waals surface area (Å²) in [5.41, 5.74) is 1.05. The van der Waals surface area contributed by atoms with Gasteiger partial charge in [0.1, 0.15) is 0 Å². The number of rotatable bonds is 4. The zero-order chi connectivity index (χ0) is 12.3. The average Bonchev–Trinajstić information content (AvgIpc) is 2.82. The summed E-state index contributed by atoms with van der Waals surface area (Å²) in [6.07, 6.45) is 1.20. The molecule has 1 unspecified atom stereocenters. The van der Waals surface area contributed by atoms with E-state index in [1.807, 2.05) is 18.2 Å². The highest BCUT2D eigenvalue weighted by atomic mass is 35.5. The molecule has 1 saturated heterocycles. The number of benzene rings is 1. The molecule has 1 heterocycles. The summed E-state index contributed by atoms with van der Waals surface area (Å²) in [5, 5.41) is 4.93. The second-order valence-corrected chi connectivity index (χ2v) is 5.22. The van der Waals surface area contributed by atoms with E-state index in [2.05, 4.69) is 17.1 Å². The molecule has 0 aromatic heterocycles. The molecule has 94 valence electrons. The van der Waals surface area contributed by atoms with Crippen LogP contribution >= 0.6 is 23.2 Å². The van der Waals surface area contributed by atoms with Gasteiger partial charge in [-0.1, -0.05) is 36.2 Å². The highest BCUT2D eigenvalue weighted by Gasteiger charge is 2.22. The summed E-state index contributed by atoms with van der Waals surface area (Å²) < 4.78 is 0. The Morgan fingerprint density at radius 1 is 1.35 bits per heavy atom. The standard InChI is InChI=1S/C13H18Cl2N2/c1-2-17(10-6-7-16-8-10)9-11-12(14)4-3-5-13(11)15/h3-5,10,16H,2,6-9H2,1H3. The van der Waals surface area contributed by atoms with Crippen LogP contribution in [-0.4, -0.2) is 30.6 Å². The van der Waals surface area contributed by atoms with E-state index in [4.69, 9.17) is 23.2 Å². The lowest BCUT2D eigenvalue weighted by Crippen LogP contribution is -2.36. The monoisotopic (exact) mass is 272 g/mol. The molecule has 1 fully saturated rings. The Bertz CT molecular complexity index is 355. The van der Waals surface area contributed by atoms with Crippen LogP contribution in [0.2, 0.25) is 10.0 Å². The van der Waals surface area contributed by atoms with Gasteiger partial charge in [0.15, 0.2) is 0 Å². The van der Waals surface area contributed by atoms with Gasteiger partial charge in [0.25, 0.3) is 0 Å². The molecule has 0 spiro atoms. The van der Waals surface area contributed by atoms with Crippen LogP contribution in [-0.2, 0) is 6.54 Å². The molecule has 4 heteroatoms. The molecule has 1 aromatic carbocycles. The number of hydrogen-bond acceptors (Lipinski definition) is 2. The van der Waals surface area contributed by atoms with Gasteiger partial charge in [-0.25, -0.2) is 0 Å². The SMILES string of the molecule is CCN(Cc1c(Cl)cccc1Cl)C1CCNC1. The summed E-state index contributed by atoms with van der Waals surface area (Å²) in [4.78, 5) is 2.44. The van der Waals surface area contributed by atoms with Crippen LogP contribution in [0.15, 0.2) is 18.2 Å². The summed E-state index contributed by atoms with van der Waals surface area (Å²) in [5.74, 6) is 0. The molecule has 1 aliphatic heterocycles. The Labute approximate surface area is 113 Å².